The van der Waals surface area contributed by atoms with Crippen LogP contribution in [0, 0.1) is 6.92 Å². The number of anilines is 3. The zero-order valence-corrected chi connectivity index (χ0v) is 16.6. The molecule has 1 unspecified atom stereocenters. The van der Waals surface area contributed by atoms with E-state index in [4.69, 9.17) is 0 Å². The summed E-state index contributed by atoms with van der Waals surface area (Å²) in [6, 6.07) is 18.5. The molecule has 1 atom stereocenters. The van der Waals surface area contributed by atoms with Gasteiger partial charge in [-0.3, -0.25) is 9.59 Å². The van der Waals surface area contributed by atoms with Crippen molar-refractivity contribution in [3.63, 3.8) is 0 Å². The normalized spacial score (nSPS) is 11.4. The maximum absolute atomic E-state index is 12.6. The number of nitrogens with one attached hydrogen (secondary N) is 3. The van der Waals surface area contributed by atoms with Crippen LogP contribution in [0.15, 0.2) is 60.7 Å². The monoisotopic (exact) mass is 389 g/mol. The SMILES string of the molecule is CC(=O)Nc1ccc(NC(=O)c2cc(NC(C)c3ccccc3)nc(C)n2)cc1. The summed E-state index contributed by atoms with van der Waals surface area (Å²) in [5, 5.41) is 8.80. The van der Waals surface area contributed by atoms with E-state index in [0.29, 0.717) is 23.0 Å². The van der Waals surface area contributed by atoms with E-state index in [2.05, 4.69) is 25.9 Å². The van der Waals surface area contributed by atoms with E-state index in [-0.39, 0.29) is 23.6 Å². The molecule has 3 aromatic rings. The van der Waals surface area contributed by atoms with Crippen molar-refractivity contribution in [2.75, 3.05) is 16.0 Å². The van der Waals surface area contributed by atoms with Gasteiger partial charge in [0, 0.05) is 30.4 Å². The van der Waals surface area contributed by atoms with Gasteiger partial charge in [0.05, 0.1) is 0 Å². The van der Waals surface area contributed by atoms with Gasteiger partial charge in [0.25, 0.3) is 5.91 Å². The Morgan fingerprint density at radius 2 is 1.52 bits per heavy atom. The van der Waals surface area contributed by atoms with Gasteiger partial charge in [0.2, 0.25) is 5.91 Å². The van der Waals surface area contributed by atoms with Gasteiger partial charge in [-0.15, -0.1) is 0 Å². The number of amides is 2. The van der Waals surface area contributed by atoms with Gasteiger partial charge in [-0.2, -0.15) is 0 Å². The van der Waals surface area contributed by atoms with Crippen molar-refractivity contribution in [3.8, 4) is 0 Å². The lowest BCUT2D eigenvalue weighted by Gasteiger charge is -2.16. The highest BCUT2D eigenvalue weighted by Gasteiger charge is 2.13. The number of carbonyl (C=O) groups is 2. The first-order chi connectivity index (χ1) is 13.9. The first-order valence-corrected chi connectivity index (χ1v) is 9.27. The number of rotatable bonds is 6. The zero-order valence-electron chi connectivity index (χ0n) is 16.6. The Kier molecular flexibility index (Phi) is 6.19. The molecule has 148 valence electrons. The summed E-state index contributed by atoms with van der Waals surface area (Å²) < 4.78 is 0. The van der Waals surface area contributed by atoms with Crippen molar-refractivity contribution in [2.24, 2.45) is 0 Å². The Morgan fingerprint density at radius 3 is 2.14 bits per heavy atom. The van der Waals surface area contributed by atoms with Gasteiger partial charge < -0.3 is 16.0 Å². The van der Waals surface area contributed by atoms with E-state index < -0.39 is 0 Å². The molecule has 2 amide bonds. The van der Waals surface area contributed by atoms with Crippen molar-refractivity contribution < 1.29 is 9.59 Å². The molecule has 1 aromatic heterocycles. The third-order valence-electron chi connectivity index (χ3n) is 4.20. The van der Waals surface area contributed by atoms with Gasteiger partial charge in [0.15, 0.2) is 0 Å². The molecule has 0 saturated carbocycles. The van der Waals surface area contributed by atoms with Crippen molar-refractivity contribution in [2.45, 2.75) is 26.8 Å². The molecule has 2 aromatic carbocycles. The average Bonchev–Trinajstić information content (AvgIpc) is 2.69. The summed E-state index contributed by atoms with van der Waals surface area (Å²) in [6.07, 6.45) is 0. The Morgan fingerprint density at radius 1 is 0.897 bits per heavy atom. The van der Waals surface area contributed by atoms with Crippen LogP contribution >= 0.6 is 0 Å². The molecule has 3 N–H and O–H groups in total. The summed E-state index contributed by atoms with van der Waals surface area (Å²) in [5.41, 5.74) is 2.66. The predicted octanol–water partition coefficient (Wildman–Crippen LogP) is 4.17. The highest BCUT2D eigenvalue weighted by Crippen LogP contribution is 2.19. The molecule has 0 aliphatic heterocycles. The molecule has 0 saturated heterocycles. The molecule has 0 aliphatic carbocycles. The van der Waals surface area contributed by atoms with Crippen LogP contribution in [0.2, 0.25) is 0 Å². The summed E-state index contributed by atoms with van der Waals surface area (Å²) in [6.45, 7) is 5.22. The number of benzene rings is 2. The van der Waals surface area contributed by atoms with Gasteiger partial charge >= 0.3 is 0 Å². The molecule has 3 rings (SSSR count). The highest BCUT2D eigenvalue weighted by molar-refractivity contribution is 6.03. The fourth-order valence-corrected chi connectivity index (χ4v) is 2.84. The van der Waals surface area contributed by atoms with Gasteiger partial charge in [-0.25, -0.2) is 9.97 Å². The van der Waals surface area contributed by atoms with E-state index in [0.717, 1.165) is 5.56 Å². The second-order valence-corrected chi connectivity index (χ2v) is 6.68. The summed E-state index contributed by atoms with van der Waals surface area (Å²) in [5.74, 6) is 0.600. The minimum absolute atomic E-state index is 0.0303. The maximum Gasteiger partial charge on any atom is 0.274 e. The Hall–Kier alpha value is -3.74. The number of nitrogens with zero attached hydrogens (tertiary/aromatic N) is 2. The van der Waals surface area contributed by atoms with Gasteiger partial charge in [-0.05, 0) is 43.7 Å². The van der Waals surface area contributed by atoms with Gasteiger partial charge in [-0.1, -0.05) is 30.3 Å². The quantitative estimate of drug-likeness (QED) is 0.588. The Balaban J connectivity index is 1.71. The second kappa shape index (κ2) is 8.97. The van der Waals surface area contributed by atoms with E-state index in [1.165, 1.54) is 6.92 Å². The predicted molar refractivity (Wildman–Crippen MR) is 114 cm³/mol. The summed E-state index contributed by atoms with van der Waals surface area (Å²) >= 11 is 0. The highest BCUT2D eigenvalue weighted by atomic mass is 16.2. The number of carbonyl (C=O) groups excluding carboxylic acids is 2. The molecule has 7 nitrogen and oxygen atoms in total. The topological polar surface area (TPSA) is 96.0 Å². The molecule has 0 aliphatic rings. The van der Waals surface area contributed by atoms with Crippen molar-refractivity contribution >= 4 is 29.0 Å². The second-order valence-electron chi connectivity index (χ2n) is 6.68. The number of hydrogen-bond acceptors (Lipinski definition) is 5. The fourth-order valence-electron chi connectivity index (χ4n) is 2.84. The molecule has 7 heteroatoms. The van der Waals surface area contributed by atoms with Crippen LogP contribution in [-0.2, 0) is 4.79 Å². The first-order valence-electron chi connectivity index (χ1n) is 9.27. The maximum atomic E-state index is 12.6. The molecule has 1 heterocycles. The van der Waals surface area contributed by atoms with E-state index >= 15 is 0 Å². The largest absolute Gasteiger partial charge is 0.363 e. The fraction of sp³-hybridized carbons (Fsp3) is 0.182. The van der Waals surface area contributed by atoms with E-state index in [1.54, 1.807) is 37.3 Å². The van der Waals surface area contributed by atoms with Crippen LogP contribution in [0.1, 0.15) is 41.8 Å². The summed E-state index contributed by atoms with van der Waals surface area (Å²) in [7, 11) is 0. The van der Waals surface area contributed by atoms with E-state index in [9.17, 15) is 9.59 Å². The number of aryl methyl sites for hydroxylation is 1. The Labute approximate surface area is 169 Å². The van der Waals surface area contributed by atoms with Gasteiger partial charge in [0.1, 0.15) is 17.3 Å². The molecular weight excluding hydrogens is 366 g/mol. The third kappa shape index (κ3) is 5.62. The summed E-state index contributed by atoms with van der Waals surface area (Å²) in [4.78, 5) is 32.4. The van der Waals surface area contributed by atoms with E-state index in [1.807, 2.05) is 37.3 Å². The molecular formula is C22H23N5O2. The molecule has 0 bridgehead atoms. The van der Waals surface area contributed by atoms with Crippen LogP contribution < -0.4 is 16.0 Å². The third-order valence-corrected chi connectivity index (χ3v) is 4.20. The van der Waals surface area contributed by atoms with Crippen LogP contribution in [0.25, 0.3) is 0 Å². The molecule has 0 spiro atoms. The minimum Gasteiger partial charge on any atom is -0.363 e. The van der Waals surface area contributed by atoms with Crippen LogP contribution in [0.4, 0.5) is 17.2 Å². The van der Waals surface area contributed by atoms with Crippen molar-refractivity contribution in [1.82, 2.24) is 9.97 Å². The lowest BCUT2D eigenvalue weighted by atomic mass is 10.1. The Bertz CT molecular complexity index is 1000. The number of aromatic nitrogens is 2. The smallest absolute Gasteiger partial charge is 0.274 e. The average molecular weight is 389 g/mol. The standard InChI is InChI=1S/C22H23N5O2/c1-14(17-7-5-4-6-8-17)23-21-13-20(24-15(2)25-21)22(29)27-19-11-9-18(10-12-19)26-16(3)28/h4-14H,1-3H3,(H,26,28)(H,27,29)(H,23,24,25). The van der Waals surface area contributed by atoms with Crippen molar-refractivity contribution in [1.29, 1.82) is 0 Å². The van der Waals surface area contributed by atoms with Crippen LogP contribution in [0.3, 0.4) is 0 Å². The first kappa shape index (κ1) is 20.0. The van der Waals surface area contributed by atoms with Crippen molar-refractivity contribution in [3.05, 3.63) is 77.7 Å². The lowest BCUT2D eigenvalue weighted by molar-refractivity contribution is -0.114. The van der Waals surface area contributed by atoms with Crippen LogP contribution in [-0.4, -0.2) is 21.8 Å². The number of hydrogen-bond donors (Lipinski definition) is 3. The molecule has 29 heavy (non-hydrogen) atoms. The molecule has 0 fully saturated rings. The molecule has 0 radical (unpaired) electrons. The minimum atomic E-state index is -0.335. The van der Waals surface area contributed by atoms with Crippen LogP contribution in [0.5, 0.6) is 0 Å². The lowest BCUT2D eigenvalue weighted by Crippen LogP contribution is -2.16. The zero-order chi connectivity index (χ0) is 20.8.